The van der Waals surface area contributed by atoms with Crippen molar-refractivity contribution >= 4 is 5.91 Å². The van der Waals surface area contributed by atoms with E-state index < -0.39 is 0 Å². The van der Waals surface area contributed by atoms with Crippen LogP contribution in [-0.2, 0) is 17.6 Å². The first-order chi connectivity index (χ1) is 9.94. The monoisotopic (exact) mass is 292 g/mol. The highest BCUT2D eigenvalue weighted by Crippen LogP contribution is 2.12. The van der Waals surface area contributed by atoms with Gasteiger partial charge >= 0.3 is 0 Å². The fourth-order valence-electron chi connectivity index (χ4n) is 1.90. The Labute approximate surface area is 123 Å². The van der Waals surface area contributed by atoms with Crippen molar-refractivity contribution < 1.29 is 13.8 Å². The molecule has 1 N–H and O–H groups in total. The van der Waals surface area contributed by atoms with Gasteiger partial charge in [0.15, 0.2) is 5.82 Å². The maximum Gasteiger partial charge on any atom is 0.248 e. The third-order valence-corrected chi connectivity index (χ3v) is 2.83. The van der Waals surface area contributed by atoms with E-state index in [-0.39, 0.29) is 18.4 Å². The highest BCUT2D eigenvalue weighted by atomic mass is 16.5. The van der Waals surface area contributed by atoms with Gasteiger partial charge in [-0.3, -0.25) is 4.79 Å². The Hall–Kier alpha value is -2.18. The number of hydrogen-bond acceptors (Lipinski definition) is 6. The van der Waals surface area contributed by atoms with Gasteiger partial charge in [0.1, 0.15) is 11.8 Å². The number of nitrogens with one attached hydrogen (secondary N) is 1. The van der Waals surface area contributed by atoms with Crippen LogP contribution in [0.5, 0.6) is 0 Å². The van der Waals surface area contributed by atoms with Gasteiger partial charge in [0.2, 0.25) is 11.8 Å². The van der Waals surface area contributed by atoms with Crippen LogP contribution < -0.4 is 5.32 Å². The van der Waals surface area contributed by atoms with Crippen LogP contribution in [0, 0.1) is 12.8 Å². The molecule has 0 spiro atoms. The maximum absolute atomic E-state index is 11.9. The van der Waals surface area contributed by atoms with Crippen molar-refractivity contribution in [3.05, 3.63) is 29.2 Å². The fraction of sp³-hybridized carbons (Fsp3) is 0.571. The summed E-state index contributed by atoms with van der Waals surface area (Å²) in [5.74, 6) is 1.88. The molecule has 0 unspecified atom stereocenters. The van der Waals surface area contributed by atoms with Gasteiger partial charge in [-0.15, -0.1) is 0 Å². The molecule has 2 heterocycles. The summed E-state index contributed by atoms with van der Waals surface area (Å²) in [6.07, 6.45) is 0.889. The van der Waals surface area contributed by atoms with Gasteiger partial charge in [-0.25, -0.2) is 0 Å². The van der Waals surface area contributed by atoms with E-state index >= 15 is 0 Å². The summed E-state index contributed by atoms with van der Waals surface area (Å²) in [6, 6.07) is 1.40. The largest absolute Gasteiger partial charge is 0.361 e. The number of aryl methyl sites for hydroxylation is 1. The molecule has 0 fully saturated rings. The van der Waals surface area contributed by atoms with Crippen LogP contribution in [0.4, 0.5) is 0 Å². The molecule has 0 aromatic carbocycles. The van der Waals surface area contributed by atoms with Crippen molar-refractivity contribution in [2.24, 2.45) is 5.92 Å². The average molecular weight is 292 g/mol. The minimum absolute atomic E-state index is 0.137. The van der Waals surface area contributed by atoms with E-state index in [1.54, 1.807) is 13.0 Å². The second-order valence-corrected chi connectivity index (χ2v) is 5.55. The van der Waals surface area contributed by atoms with Gasteiger partial charge in [-0.05, 0) is 19.8 Å². The molecule has 7 nitrogen and oxygen atoms in total. The fourth-order valence-corrected chi connectivity index (χ4v) is 1.90. The lowest BCUT2D eigenvalue weighted by atomic mass is 10.1. The number of carbonyl (C=O) groups is 1. The van der Waals surface area contributed by atoms with Crippen molar-refractivity contribution in [2.75, 3.05) is 0 Å². The van der Waals surface area contributed by atoms with Gasteiger partial charge in [-0.2, -0.15) is 4.98 Å². The van der Waals surface area contributed by atoms with Crippen molar-refractivity contribution in [1.82, 2.24) is 20.6 Å². The molecule has 2 aromatic rings. The summed E-state index contributed by atoms with van der Waals surface area (Å²) in [4.78, 5) is 16.2. The molecule has 1 atom stereocenters. The minimum Gasteiger partial charge on any atom is -0.361 e. The van der Waals surface area contributed by atoms with Crippen LogP contribution in [0.25, 0.3) is 0 Å². The van der Waals surface area contributed by atoms with Crippen molar-refractivity contribution in [3.63, 3.8) is 0 Å². The molecule has 1 amide bonds. The molecule has 114 valence electrons. The maximum atomic E-state index is 11.9. The molecule has 0 saturated heterocycles. The molecule has 0 aliphatic rings. The first-order valence-corrected chi connectivity index (χ1v) is 6.98. The topological polar surface area (TPSA) is 94.1 Å². The highest BCUT2D eigenvalue weighted by Gasteiger charge is 2.18. The molecule has 0 radical (unpaired) electrons. The van der Waals surface area contributed by atoms with Crippen LogP contribution in [0.3, 0.4) is 0 Å². The summed E-state index contributed by atoms with van der Waals surface area (Å²) in [6.45, 7) is 7.78. The van der Waals surface area contributed by atoms with Gasteiger partial charge in [0, 0.05) is 12.5 Å². The van der Waals surface area contributed by atoms with E-state index in [0.717, 1.165) is 12.1 Å². The van der Waals surface area contributed by atoms with Crippen LogP contribution in [0.2, 0.25) is 0 Å². The number of carbonyl (C=O) groups excluding carboxylic acids is 1. The average Bonchev–Trinajstić information content (AvgIpc) is 2.98. The van der Waals surface area contributed by atoms with E-state index in [1.165, 1.54) is 0 Å². The zero-order valence-electron chi connectivity index (χ0n) is 12.7. The zero-order valence-corrected chi connectivity index (χ0v) is 12.7. The smallest absolute Gasteiger partial charge is 0.248 e. The molecule has 0 bridgehead atoms. The molecule has 0 aliphatic heterocycles. The third-order valence-electron chi connectivity index (χ3n) is 2.83. The van der Waals surface area contributed by atoms with Crippen molar-refractivity contribution in [3.8, 4) is 0 Å². The third kappa shape index (κ3) is 4.40. The van der Waals surface area contributed by atoms with E-state index in [1.807, 2.05) is 6.92 Å². The molecule has 0 aliphatic carbocycles. The van der Waals surface area contributed by atoms with Crippen molar-refractivity contribution in [1.29, 1.82) is 0 Å². The summed E-state index contributed by atoms with van der Waals surface area (Å²) < 4.78 is 10.2. The Morgan fingerprint density at radius 1 is 1.29 bits per heavy atom. The first kappa shape index (κ1) is 15.2. The Bertz CT molecular complexity index is 603. The Kier molecular flexibility index (Phi) is 4.72. The Morgan fingerprint density at radius 2 is 2.05 bits per heavy atom. The summed E-state index contributed by atoms with van der Waals surface area (Å²) in [7, 11) is 0. The molecule has 2 aromatic heterocycles. The lowest BCUT2D eigenvalue weighted by Crippen LogP contribution is -2.28. The van der Waals surface area contributed by atoms with E-state index in [9.17, 15) is 4.79 Å². The summed E-state index contributed by atoms with van der Waals surface area (Å²) in [5.41, 5.74) is 0.751. The summed E-state index contributed by atoms with van der Waals surface area (Å²) in [5, 5.41) is 10.4. The lowest BCUT2D eigenvalue weighted by molar-refractivity contribution is -0.121. The van der Waals surface area contributed by atoms with E-state index in [2.05, 4.69) is 34.5 Å². The SMILES string of the molecule is Cc1cc(CC(=O)N[C@@H](C)c2nc(CC(C)C)no2)on1. The molecular formula is C14H20N4O3. The van der Waals surface area contributed by atoms with Crippen LogP contribution in [0.15, 0.2) is 15.1 Å². The van der Waals surface area contributed by atoms with Crippen molar-refractivity contribution in [2.45, 2.75) is 46.6 Å². The molecular weight excluding hydrogens is 272 g/mol. The van der Waals surface area contributed by atoms with E-state index in [4.69, 9.17) is 9.05 Å². The minimum atomic E-state index is -0.338. The Balaban J connectivity index is 1.89. The van der Waals surface area contributed by atoms with Gasteiger partial charge < -0.3 is 14.4 Å². The van der Waals surface area contributed by atoms with Gasteiger partial charge in [0.25, 0.3) is 0 Å². The van der Waals surface area contributed by atoms with Gasteiger partial charge in [0.05, 0.1) is 12.1 Å². The lowest BCUT2D eigenvalue weighted by Gasteiger charge is -2.08. The van der Waals surface area contributed by atoms with Crippen LogP contribution in [0.1, 0.15) is 50.0 Å². The number of nitrogens with zero attached hydrogens (tertiary/aromatic N) is 3. The molecule has 7 heteroatoms. The van der Waals surface area contributed by atoms with E-state index in [0.29, 0.717) is 23.4 Å². The quantitative estimate of drug-likeness (QED) is 0.875. The Morgan fingerprint density at radius 3 is 2.67 bits per heavy atom. The van der Waals surface area contributed by atoms with Gasteiger partial charge in [-0.1, -0.05) is 24.2 Å². The van der Waals surface area contributed by atoms with Crippen LogP contribution >= 0.6 is 0 Å². The number of hydrogen-bond donors (Lipinski definition) is 1. The first-order valence-electron chi connectivity index (χ1n) is 6.98. The molecule has 2 rings (SSSR count). The standard InChI is InChI=1S/C14H20N4O3/c1-8(2)5-12-16-14(21-18-12)10(4)15-13(19)7-11-6-9(3)17-20-11/h6,8,10H,5,7H2,1-4H3,(H,15,19)/t10-/m0/s1. The summed E-state index contributed by atoms with van der Waals surface area (Å²) >= 11 is 0. The second-order valence-electron chi connectivity index (χ2n) is 5.55. The second kappa shape index (κ2) is 6.51. The zero-order chi connectivity index (χ0) is 15.4. The predicted octanol–water partition coefficient (Wildman–Crippen LogP) is 1.98. The molecule has 21 heavy (non-hydrogen) atoms. The highest BCUT2D eigenvalue weighted by molar-refractivity contribution is 5.78. The molecule has 0 saturated carbocycles. The predicted molar refractivity (Wildman–Crippen MR) is 74.3 cm³/mol. The normalized spacial score (nSPS) is 12.6. The number of amides is 1. The number of rotatable bonds is 6. The number of aromatic nitrogens is 3. The van der Waals surface area contributed by atoms with Crippen LogP contribution in [-0.4, -0.2) is 21.2 Å².